The van der Waals surface area contributed by atoms with Gasteiger partial charge in [0.05, 0.1) is 27.9 Å². The van der Waals surface area contributed by atoms with Crippen molar-refractivity contribution >= 4 is 5.91 Å². The van der Waals surface area contributed by atoms with Crippen LogP contribution in [0, 0.1) is 0 Å². The van der Waals surface area contributed by atoms with Crippen molar-refractivity contribution in [2.45, 2.75) is 19.8 Å². The van der Waals surface area contributed by atoms with Crippen LogP contribution in [0.15, 0.2) is 36.4 Å². The van der Waals surface area contributed by atoms with Crippen LogP contribution in [0.3, 0.4) is 0 Å². The third kappa shape index (κ3) is 5.29. The molecule has 0 radical (unpaired) electrons. The molecule has 0 saturated carbocycles. The Kier molecular flexibility index (Phi) is 7.34. The normalized spacial score (nSPS) is 10.4. The summed E-state index contributed by atoms with van der Waals surface area (Å²) >= 11 is 0. The molecule has 1 amide bonds. The molecular formula is C21H27NO5. The van der Waals surface area contributed by atoms with Gasteiger partial charge in [0.1, 0.15) is 12.4 Å². The SMILES string of the molecule is COc1cc(C(=O)NCCOc2cccc(C(C)C)c2)cc(OC)c1OC. The smallest absolute Gasteiger partial charge is 0.251 e. The predicted molar refractivity (Wildman–Crippen MR) is 104 cm³/mol. The standard InChI is InChI=1S/C21H27NO5/c1-14(2)15-7-6-8-17(11-15)27-10-9-22-21(23)16-12-18(24-3)20(26-5)19(13-16)25-4/h6-8,11-14H,9-10H2,1-5H3,(H,22,23). The molecule has 2 aromatic carbocycles. The Morgan fingerprint density at radius 1 is 1.00 bits per heavy atom. The zero-order chi connectivity index (χ0) is 19.8. The molecule has 0 spiro atoms. The van der Waals surface area contributed by atoms with Crippen LogP contribution in [0.4, 0.5) is 0 Å². The van der Waals surface area contributed by atoms with E-state index >= 15 is 0 Å². The molecule has 27 heavy (non-hydrogen) atoms. The monoisotopic (exact) mass is 373 g/mol. The van der Waals surface area contributed by atoms with Crippen LogP contribution in [0.25, 0.3) is 0 Å². The highest BCUT2D eigenvalue weighted by atomic mass is 16.5. The number of benzene rings is 2. The molecule has 0 bridgehead atoms. The van der Waals surface area contributed by atoms with Gasteiger partial charge in [-0.05, 0) is 35.7 Å². The minimum Gasteiger partial charge on any atom is -0.493 e. The first-order chi connectivity index (χ1) is 13.0. The summed E-state index contributed by atoms with van der Waals surface area (Å²) in [4.78, 5) is 12.4. The van der Waals surface area contributed by atoms with E-state index in [4.69, 9.17) is 18.9 Å². The molecule has 146 valence electrons. The van der Waals surface area contributed by atoms with Crippen LogP contribution < -0.4 is 24.3 Å². The van der Waals surface area contributed by atoms with E-state index in [1.54, 1.807) is 12.1 Å². The van der Waals surface area contributed by atoms with Gasteiger partial charge in [-0.15, -0.1) is 0 Å². The maximum absolute atomic E-state index is 12.4. The highest BCUT2D eigenvalue weighted by Crippen LogP contribution is 2.38. The molecule has 0 aliphatic carbocycles. The van der Waals surface area contributed by atoms with Gasteiger partial charge in [-0.25, -0.2) is 0 Å². The Morgan fingerprint density at radius 3 is 2.22 bits per heavy atom. The van der Waals surface area contributed by atoms with Gasteiger partial charge in [-0.3, -0.25) is 4.79 Å². The maximum Gasteiger partial charge on any atom is 0.251 e. The second-order valence-corrected chi connectivity index (χ2v) is 6.25. The molecule has 6 heteroatoms. The fraction of sp³-hybridized carbons (Fsp3) is 0.381. The van der Waals surface area contributed by atoms with E-state index in [0.717, 1.165) is 5.75 Å². The topological polar surface area (TPSA) is 66.0 Å². The largest absolute Gasteiger partial charge is 0.493 e. The Balaban J connectivity index is 1.95. The summed E-state index contributed by atoms with van der Waals surface area (Å²) in [6.45, 7) is 5.02. The lowest BCUT2D eigenvalue weighted by Gasteiger charge is -2.14. The Hall–Kier alpha value is -2.89. The first-order valence-corrected chi connectivity index (χ1v) is 8.81. The highest BCUT2D eigenvalue weighted by Gasteiger charge is 2.16. The van der Waals surface area contributed by atoms with Gasteiger partial charge >= 0.3 is 0 Å². The number of amides is 1. The van der Waals surface area contributed by atoms with Crippen molar-refractivity contribution in [1.82, 2.24) is 5.32 Å². The number of rotatable bonds is 9. The van der Waals surface area contributed by atoms with E-state index in [9.17, 15) is 4.79 Å². The van der Waals surface area contributed by atoms with Gasteiger partial charge < -0.3 is 24.3 Å². The average molecular weight is 373 g/mol. The van der Waals surface area contributed by atoms with Gasteiger partial charge in [-0.1, -0.05) is 26.0 Å². The molecule has 0 aromatic heterocycles. The number of methoxy groups -OCH3 is 3. The highest BCUT2D eigenvalue weighted by molar-refractivity contribution is 5.95. The predicted octanol–water partition coefficient (Wildman–Crippen LogP) is 3.64. The average Bonchev–Trinajstić information content (AvgIpc) is 2.69. The summed E-state index contributed by atoms with van der Waals surface area (Å²) in [6.07, 6.45) is 0. The number of carbonyl (C=O) groups is 1. The fourth-order valence-corrected chi connectivity index (χ4v) is 2.61. The zero-order valence-corrected chi connectivity index (χ0v) is 16.5. The summed E-state index contributed by atoms with van der Waals surface area (Å²) < 4.78 is 21.5. The van der Waals surface area contributed by atoms with E-state index in [2.05, 4.69) is 25.2 Å². The number of ether oxygens (including phenoxy) is 4. The molecule has 2 rings (SSSR count). The van der Waals surface area contributed by atoms with Crippen LogP contribution >= 0.6 is 0 Å². The minimum atomic E-state index is -0.242. The van der Waals surface area contributed by atoms with Gasteiger partial charge in [-0.2, -0.15) is 0 Å². The van der Waals surface area contributed by atoms with Crippen molar-refractivity contribution in [1.29, 1.82) is 0 Å². The summed E-state index contributed by atoms with van der Waals surface area (Å²) in [5.41, 5.74) is 1.64. The first-order valence-electron chi connectivity index (χ1n) is 8.81. The van der Waals surface area contributed by atoms with Gasteiger partial charge in [0, 0.05) is 5.56 Å². The lowest BCUT2D eigenvalue weighted by atomic mass is 10.0. The van der Waals surface area contributed by atoms with E-state index < -0.39 is 0 Å². The summed E-state index contributed by atoms with van der Waals surface area (Å²) in [5.74, 6) is 2.31. The molecule has 2 aromatic rings. The molecule has 0 unspecified atom stereocenters. The molecule has 1 N–H and O–H groups in total. The van der Waals surface area contributed by atoms with Crippen LogP contribution in [-0.4, -0.2) is 40.4 Å². The third-order valence-electron chi connectivity index (χ3n) is 4.11. The summed E-state index contributed by atoms with van der Waals surface area (Å²) in [7, 11) is 4.54. The molecule has 0 atom stereocenters. The molecule has 0 saturated heterocycles. The number of carbonyl (C=O) groups excluding carboxylic acids is 1. The van der Waals surface area contributed by atoms with E-state index in [1.807, 2.05) is 18.2 Å². The van der Waals surface area contributed by atoms with Gasteiger partial charge in [0.15, 0.2) is 11.5 Å². The summed E-state index contributed by atoms with van der Waals surface area (Å²) in [6, 6.07) is 11.2. The third-order valence-corrected chi connectivity index (χ3v) is 4.11. The second kappa shape index (κ2) is 9.71. The molecule has 0 fully saturated rings. The van der Waals surface area contributed by atoms with Crippen LogP contribution in [0.2, 0.25) is 0 Å². The molecule has 6 nitrogen and oxygen atoms in total. The van der Waals surface area contributed by atoms with Gasteiger partial charge in [0.2, 0.25) is 5.75 Å². The van der Waals surface area contributed by atoms with Crippen molar-refractivity contribution in [3.05, 3.63) is 47.5 Å². The van der Waals surface area contributed by atoms with Crippen molar-refractivity contribution < 1.29 is 23.7 Å². The molecule has 0 heterocycles. The van der Waals surface area contributed by atoms with Crippen molar-refractivity contribution in [2.75, 3.05) is 34.5 Å². The Bertz CT molecular complexity index is 748. The Labute approximate surface area is 160 Å². The van der Waals surface area contributed by atoms with Crippen molar-refractivity contribution in [2.24, 2.45) is 0 Å². The van der Waals surface area contributed by atoms with Crippen molar-refractivity contribution in [3.8, 4) is 23.0 Å². The Morgan fingerprint density at radius 2 is 1.67 bits per heavy atom. The minimum absolute atomic E-state index is 0.242. The summed E-state index contributed by atoms with van der Waals surface area (Å²) in [5, 5.41) is 2.83. The first kappa shape index (κ1) is 20.4. The second-order valence-electron chi connectivity index (χ2n) is 6.25. The molecule has 0 aliphatic rings. The van der Waals surface area contributed by atoms with Crippen LogP contribution in [0.1, 0.15) is 35.7 Å². The lowest BCUT2D eigenvalue weighted by molar-refractivity contribution is 0.0946. The maximum atomic E-state index is 12.4. The van der Waals surface area contributed by atoms with E-state index in [-0.39, 0.29) is 5.91 Å². The zero-order valence-electron chi connectivity index (χ0n) is 16.5. The van der Waals surface area contributed by atoms with E-state index in [0.29, 0.717) is 41.9 Å². The molecule has 0 aliphatic heterocycles. The number of hydrogen-bond acceptors (Lipinski definition) is 5. The van der Waals surface area contributed by atoms with E-state index in [1.165, 1.54) is 26.9 Å². The fourth-order valence-electron chi connectivity index (χ4n) is 2.61. The van der Waals surface area contributed by atoms with Crippen molar-refractivity contribution in [3.63, 3.8) is 0 Å². The lowest BCUT2D eigenvalue weighted by Crippen LogP contribution is -2.28. The number of hydrogen-bond donors (Lipinski definition) is 1. The molecular weight excluding hydrogens is 346 g/mol. The van der Waals surface area contributed by atoms with Gasteiger partial charge in [0.25, 0.3) is 5.91 Å². The number of nitrogens with one attached hydrogen (secondary N) is 1. The quantitative estimate of drug-likeness (QED) is 0.680. The van der Waals surface area contributed by atoms with Crippen LogP contribution in [0.5, 0.6) is 23.0 Å². The van der Waals surface area contributed by atoms with Crippen LogP contribution in [-0.2, 0) is 0 Å².